The molecule has 4 N–H and O–H groups in total. The Morgan fingerprint density at radius 1 is 0.708 bits per heavy atom. The third-order valence-corrected chi connectivity index (χ3v) is 6.95. The highest BCUT2D eigenvalue weighted by Gasteiger charge is 2.17. The number of aromatic carboxylic acids is 1. The maximum atomic E-state index is 12.7. The van der Waals surface area contributed by atoms with E-state index < -0.39 is 16.8 Å². The molecule has 0 aromatic heterocycles. The molecule has 0 saturated carbocycles. The van der Waals surface area contributed by atoms with Crippen molar-refractivity contribution in [3.63, 3.8) is 0 Å². The number of hydrogen-bond donors (Lipinski definition) is 4. The van der Waals surface area contributed by atoms with Crippen molar-refractivity contribution in [3.05, 3.63) is 147 Å². The third kappa shape index (κ3) is 8.70. The average molecular weight is 652 g/mol. The fourth-order valence-electron chi connectivity index (χ4n) is 4.54. The molecule has 0 aliphatic rings. The number of amides is 1. The smallest absolute Gasteiger partial charge is 0.336 e. The van der Waals surface area contributed by atoms with E-state index in [9.17, 15) is 24.8 Å². The van der Waals surface area contributed by atoms with E-state index in [0.717, 1.165) is 5.56 Å². The molecule has 0 aliphatic heterocycles. The third-order valence-electron chi connectivity index (χ3n) is 6.95. The van der Waals surface area contributed by atoms with Gasteiger partial charge < -0.3 is 19.9 Å². The number of nitro benzene ring substituents is 1. The molecule has 13 nitrogen and oxygen atoms in total. The molecule has 0 aliphatic carbocycles. The van der Waals surface area contributed by atoms with E-state index in [0.29, 0.717) is 45.5 Å². The molecule has 0 saturated heterocycles. The van der Waals surface area contributed by atoms with Crippen molar-refractivity contribution >= 4 is 28.9 Å². The summed E-state index contributed by atoms with van der Waals surface area (Å²) in [5.74, 6) is 0.507. The summed E-state index contributed by atoms with van der Waals surface area (Å²) in [5.41, 5.74) is 5.56. The number of aryl methyl sites for hydroxylation is 1. The van der Waals surface area contributed by atoms with Gasteiger partial charge >= 0.3 is 5.97 Å². The molecule has 0 bridgehead atoms. The second-order valence-corrected chi connectivity index (χ2v) is 10.4. The molecule has 5 aromatic carbocycles. The van der Waals surface area contributed by atoms with Gasteiger partial charge in [-0.15, -0.1) is 0 Å². The highest BCUT2D eigenvalue weighted by molar-refractivity contribution is 6.10. The summed E-state index contributed by atoms with van der Waals surface area (Å²) < 4.78 is 11.8. The molecule has 0 fully saturated rings. The number of ether oxygens (including phenoxy) is 2. The van der Waals surface area contributed by atoms with Crippen molar-refractivity contribution in [1.82, 2.24) is 0 Å². The van der Waals surface area contributed by atoms with Gasteiger partial charge in [0.1, 0.15) is 36.2 Å². The molecule has 0 radical (unpaired) electrons. The minimum Gasteiger partial charge on any atom is -0.478 e. The second kappa shape index (κ2) is 15.3. The summed E-state index contributed by atoms with van der Waals surface area (Å²) in [4.78, 5) is 44.5. The zero-order valence-electron chi connectivity index (χ0n) is 25.4. The van der Waals surface area contributed by atoms with Gasteiger partial charge in [-0.3, -0.25) is 30.5 Å². The predicted molar refractivity (Wildman–Crippen MR) is 174 cm³/mol. The largest absolute Gasteiger partial charge is 0.478 e. The molecule has 13 heteroatoms. The van der Waals surface area contributed by atoms with Crippen LogP contribution in [-0.4, -0.2) is 27.2 Å². The highest BCUT2D eigenvalue weighted by Crippen LogP contribution is 2.29. The van der Waals surface area contributed by atoms with Crippen molar-refractivity contribution < 1.29 is 44.1 Å². The first kappa shape index (κ1) is 33.1. The molecule has 0 atom stereocenters. The lowest BCUT2D eigenvalue weighted by atomic mass is 10.0. The summed E-state index contributed by atoms with van der Waals surface area (Å²) in [7, 11) is 0. The predicted octanol–water partition coefficient (Wildman–Crippen LogP) is 7.97. The number of benzene rings is 5. The maximum Gasteiger partial charge on any atom is 0.336 e. The highest BCUT2D eigenvalue weighted by atomic mass is 17.1. The maximum absolute atomic E-state index is 12.7. The Bertz CT molecular complexity index is 1910. The van der Waals surface area contributed by atoms with Gasteiger partial charge in [-0.2, -0.15) is 0 Å². The van der Waals surface area contributed by atoms with Crippen LogP contribution in [0.1, 0.15) is 37.4 Å². The van der Waals surface area contributed by atoms with Crippen LogP contribution in [-0.2, 0) is 22.9 Å². The number of non-ortho nitro benzene ring substituents is 1. The molecule has 0 unspecified atom stereocenters. The van der Waals surface area contributed by atoms with Crippen LogP contribution in [0.25, 0.3) is 0 Å². The lowest BCUT2D eigenvalue weighted by Gasteiger charge is -2.12. The standard InChI is InChI=1S/C35H29N3O10/c1-22-2-17-32(35(40)41)33(18-22)34(39)36-25-4-9-28(10-5-25)47-30-13-15-31(16-14-30)48-29-11-6-26(7-12-29)37-45-20-24-19-27(38(42)43)8-3-23(24)21-46-44/h2-19,37,44H,20-21H2,1H3,(H,36,39)(H,40,41). The fourth-order valence-corrected chi connectivity index (χ4v) is 4.54. The van der Waals surface area contributed by atoms with Crippen LogP contribution in [0.2, 0.25) is 0 Å². The van der Waals surface area contributed by atoms with Gasteiger partial charge in [-0.25, -0.2) is 9.68 Å². The van der Waals surface area contributed by atoms with E-state index in [1.165, 1.54) is 30.3 Å². The summed E-state index contributed by atoms with van der Waals surface area (Å²) in [6.45, 7) is 1.62. The Balaban J connectivity index is 1.11. The van der Waals surface area contributed by atoms with Crippen molar-refractivity contribution in [1.29, 1.82) is 0 Å². The molecule has 0 spiro atoms. The Kier molecular flexibility index (Phi) is 10.6. The van der Waals surface area contributed by atoms with Crippen molar-refractivity contribution in [2.45, 2.75) is 20.1 Å². The lowest BCUT2D eigenvalue weighted by molar-refractivity contribution is -0.385. The first-order chi connectivity index (χ1) is 23.2. The van der Waals surface area contributed by atoms with Crippen LogP contribution in [0.4, 0.5) is 17.1 Å². The van der Waals surface area contributed by atoms with Gasteiger partial charge in [0.05, 0.1) is 21.7 Å². The monoisotopic (exact) mass is 651 g/mol. The van der Waals surface area contributed by atoms with Gasteiger partial charge in [-0.05, 0) is 109 Å². The first-order valence-electron chi connectivity index (χ1n) is 14.4. The second-order valence-electron chi connectivity index (χ2n) is 10.4. The van der Waals surface area contributed by atoms with Gasteiger partial charge in [0, 0.05) is 17.8 Å². The van der Waals surface area contributed by atoms with E-state index in [4.69, 9.17) is 19.6 Å². The summed E-state index contributed by atoms with van der Waals surface area (Å²) >= 11 is 0. The lowest BCUT2D eigenvalue weighted by Crippen LogP contribution is -2.16. The molecule has 5 aromatic rings. The van der Waals surface area contributed by atoms with E-state index in [2.05, 4.69) is 15.7 Å². The van der Waals surface area contributed by atoms with Crippen molar-refractivity contribution in [2.24, 2.45) is 0 Å². The van der Waals surface area contributed by atoms with E-state index >= 15 is 0 Å². The SMILES string of the molecule is Cc1ccc(C(=O)O)c(C(=O)Nc2ccc(Oc3ccc(Oc4ccc(NOCc5cc([N+](=O)[O-])ccc5COO)cc4)cc3)cc2)c1. The summed E-state index contributed by atoms with van der Waals surface area (Å²) in [6, 6.07) is 29.3. The number of hydrogen-bond acceptors (Lipinski definition) is 10. The van der Waals surface area contributed by atoms with E-state index in [1.807, 2.05) is 0 Å². The van der Waals surface area contributed by atoms with Gasteiger partial charge in [-0.1, -0.05) is 11.6 Å². The Morgan fingerprint density at radius 3 is 1.81 bits per heavy atom. The van der Waals surface area contributed by atoms with Crippen LogP contribution in [0.15, 0.2) is 109 Å². The van der Waals surface area contributed by atoms with Crippen molar-refractivity contribution in [3.8, 4) is 23.0 Å². The number of carbonyl (C=O) groups excluding carboxylic acids is 1. The van der Waals surface area contributed by atoms with E-state index in [1.54, 1.807) is 85.8 Å². The number of anilines is 2. The molecule has 5 rings (SSSR count). The molecular formula is C35H29N3O10. The van der Waals surface area contributed by atoms with Crippen LogP contribution >= 0.6 is 0 Å². The first-order valence-corrected chi connectivity index (χ1v) is 14.4. The van der Waals surface area contributed by atoms with Gasteiger partial charge in [0.15, 0.2) is 0 Å². The number of nitrogens with one attached hydrogen (secondary N) is 2. The van der Waals surface area contributed by atoms with Gasteiger partial charge in [0.2, 0.25) is 0 Å². The molecular weight excluding hydrogens is 622 g/mol. The number of carbonyl (C=O) groups is 2. The number of nitro groups is 1. The number of carboxylic acid groups (broad SMARTS) is 1. The summed E-state index contributed by atoms with van der Waals surface area (Å²) in [5, 5.41) is 32.0. The topological polar surface area (TPSA) is 179 Å². The minimum absolute atomic E-state index is 0.0168. The van der Waals surface area contributed by atoms with E-state index in [-0.39, 0.29) is 30.0 Å². The molecule has 48 heavy (non-hydrogen) atoms. The van der Waals surface area contributed by atoms with Crippen LogP contribution in [0, 0.1) is 17.0 Å². The molecule has 1 amide bonds. The minimum atomic E-state index is -1.18. The van der Waals surface area contributed by atoms with Crippen LogP contribution in [0.5, 0.6) is 23.0 Å². The van der Waals surface area contributed by atoms with Crippen LogP contribution in [0.3, 0.4) is 0 Å². The zero-order chi connectivity index (χ0) is 34.0. The number of nitrogens with zero attached hydrogens (tertiary/aromatic N) is 1. The zero-order valence-corrected chi connectivity index (χ0v) is 25.4. The summed E-state index contributed by atoms with van der Waals surface area (Å²) in [6.07, 6.45) is 0. The Hall–Kier alpha value is -6.28. The van der Waals surface area contributed by atoms with Crippen LogP contribution < -0.4 is 20.3 Å². The average Bonchev–Trinajstić information content (AvgIpc) is 3.08. The van der Waals surface area contributed by atoms with Crippen molar-refractivity contribution in [2.75, 3.05) is 10.8 Å². The normalized spacial score (nSPS) is 10.6. The molecule has 0 heterocycles. The molecule has 244 valence electrons. The fraction of sp³-hybridized carbons (Fsp3) is 0.0857. The quantitative estimate of drug-likeness (QED) is 0.0520. The Morgan fingerprint density at radius 2 is 1.27 bits per heavy atom. The van der Waals surface area contributed by atoms with Gasteiger partial charge in [0.25, 0.3) is 11.6 Å². The number of rotatable bonds is 14. The number of carboxylic acids is 1. The Labute approximate surface area is 273 Å².